The van der Waals surface area contributed by atoms with Crippen LogP contribution in [0.15, 0.2) is 6.07 Å². The molecule has 0 spiro atoms. The first kappa shape index (κ1) is 17.6. The van der Waals surface area contributed by atoms with Crippen LogP contribution in [0.25, 0.3) is 0 Å². The summed E-state index contributed by atoms with van der Waals surface area (Å²) in [5, 5.41) is 3.08. The molecule has 0 bridgehead atoms. The van der Waals surface area contributed by atoms with E-state index >= 15 is 0 Å². The molecule has 1 atom stereocenters. The van der Waals surface area contributed by atoms with Crippen molar-refractivity contribution in [1.29, 1.82) is 0 Å². The number of aryl methyl sites for hydroxylation is 2. The SMILES string of the molecule is COC(CN)CC(=O)NC1CCN(c2cc(C)nc(C)n2)CC1. The molecule has 1 saturated heterocycles. The summed E-state index contributed by atoms with van der Waals surface area (Å²) in [6.07, 6.45) is 1.93. The Morgan fingerprint density at radius 2 is 2.13 bits per heavy atom. The fraction of sp³-hybridized carbons (Fsp3) is 0.688. The molecule has 7 heteroatoms. The number of carbonyl (C=O) groups is 1. The topological polar surface area (TPSA) is 93.4 Å². The molecule has 2 heterocycles. The van der Waals surface area contributed by atoms with Crippen LogP contribution < -0.4 is 16.0 Å². The van der Waals surface area contributed by atoms with E-state index in [2.05, 4.69) is 20.2 Å². The Kier molecular flexibility index (Phi) is 6.29. The summed E-state index contributed by atoms with van der Waals surface area (Å²) in [5.41, 5.74) is 6.53. The lowest BCUT2D eigenvalue weighted by Crippen LogP contribution is -2.46. The molecular weight excluding hydrogens is 294 g/mol. The summed E-state index contributed by atoms with van der Waals surface area (Å²) in [7, 11) is 1.58. The van der Waals surface area contributed by atoms with Crippen LogP contribution in [0.1, 0.15) is 30.8 Å². The number of nitrogens with zero attached hydrogens (tertiary/aromatic N) is 3. The predicted octanol–water partition coefficient (Wildman–Crippen LogP) is 0.542. The highest BCUT2D eigenvalue weighted by molar-refractivity contribution is 5.76. The number of anilines is 1. The van der Waals surface area contributed by atoms with Crippen molar-refractivity contribution in [3.8, 4) is 0 Å². The average Bonchev–Trinajstić information content (AvgIpc) is 2.52. The van der Waals surface area contributed by atoms with E-state index in [9.17, 15) is 4.79 Å². The zero-order valence-corrected chi connectivity index (χ0v) is 14.2. The molecule has 1 amide bonds. The van der Waals surface area contributed by atoms with E-state index in [0.29, 0.717) is 13.0 Å². The number of piperidine rings is 1. The summed E-state index contributed by atoms with van der Waals surface area (Å²) in [5.74, 6) is 1.78. The van der Waals surface area contributed by atoms with Crippen LogP contribution in [0, 0.1) is 13.8 Å². The van der Waals surface area contributed by atoms with Gasteiger partial charge >= 0.3 is 0 Å². The fourth-order valence-electron chi connectivity index (χ4n) is 2.87. The Labute approximate surface area is 137 Å². The van der Waals surface area contributed by atoms with Gasteiger partial charge in [-0.15, -0.1) is 0 Å². The number of hydrogen-bond acceptors (Lipinski definition) is 6. The average molecular weight is 321 g/mol. The first-order valence-corrected chi connectivity index (χ1v) is 8.11. The van der Waals surface area contributed by atoms with Gasteiger partial charge in [-0.05, 0) is 26.7 Å². The van der Waals surface area contributed by atoms with E-state index in [1.54, 1.807) is 7.11 Å². The second kappa shape index (κ2) is 8.21. The highest BCUT2D eigenvalue weighted by Crippen LogP contribution is 2.19. The maximum Gasteiger partial charge on any atom is 0.222 e. The molecule has 1 aromatic heterocycles. The molecule has 1 aromatic rings. The van der Waals surface area contributed by atoms with E-state index in [0.717, 1.165) is 43.3 Å². The summed E-state index contributed by atoms with van der Waals surface area (Å²) < 4.78 is 5.15. The second-order valence-electron chi connectivity index (χ2n) is 6.04. The lowest BCUT2D eigenvalue weighted by molar-refractivity contribution is -0.124. The Balaban J connectivity index is 1.83. The highest BCUT2D eigenvalue weighted by Gasteiger charge is 2.22. The Hall–Kier alpha value is -1.73. The summed E-state index contributed by atoms with van der Waals surface area (Å²) in [6.45, 7) is 6.01. The smallest absolute Gasteiger partial charge is 0.222 e. The molecular formula is C16H27N5O2. The minimum Gasteiger partial charge on any atom is -0.380 e. The first-order valence-electron chi connectivity index (χ1n) is 8.11. The maximum absolute atomic E-state index is 12.0. The quantitative estimate of drug-likeness (QED) is 0.794. The molecule has 1 unspecified atom stereocenters. The van der Waals surface area contributed by atoms with Crippen molar-refractivity contribution in [1.82, 2.24) is 15.3 Å². The predicted molar refractivity (Wildman–Crippen MR) is 89.4 cm³/mol. The van der Waals surface area contributed by atoms with Crippen molar-refractivity contribution in [2.75, 3.05) is 31.6 Å². The lowest BCUT2D eigenvalue weighted by atomic mass is 10.0. The minimum atomic E-state index is -0.206. The molecule has 0 saturated carbocycles. The minimum absolute atomic E-state index is 0.00877. The van der Waals surface area contributed by atoms with E-state index < -0.39 is 0 Å². The normalized spacial score (nSPS) is 17.1. The molecule has 0 aliphatic carbocycles. The number of nitrogens with two attached hydrogens (primary N) is 1. The molecule has 0 aromatic carbocycles. The van der Waals surface area contributed by atoms with Crippen molar-refractivity contribution < 1.29 is 9.53 Å². The fourth-order valence-corrected chi connectivity index (χ4v) is 2.87. The van der Waals surface area contributed by atoms with Crippen molar-refractivity contribution in [2.24, 2.45) is 5.73 Å². The van der Waals surface area contributed by atoms with Gasteiger partial charge in [-0.2, -0.15) is 0 Å². The van der Waals surface area contributed by atoms with Crippen LogP contribution >= 0.6 is 0 Å². The number of carbonyl (C=O) groups excluding carboxylic acids is 1. The molecule has 3 N–H and O–H groups in total. The standard InChI is InChI=1S/C16H27N5O2/c1-11-8-15(19-12(2)18-11)21-6-4-13(5-7-21)20-16(22)9-14(10-17)23-3/h8,13-14H,4-7,9-10,17H2,1-3H3,(H,20,22). The number of hydrogen-bond donors (Lipinski definition) is 2. The third-order valence-electron chi connectivity index (χ3n) is 4.15. The van der Waals surface area contributed by atoms with Gasteiger partial charge in [0.05, 0.1) is 12.5 Å². The van der Waals surface area contributed by atoms with E-state index in [1.807, 2.05) is 19.9 Å². The van der Waals surface area contributed by atoms with Gasteiger partial charge in [0.15, 0.2) is 0 Å². The molecule has 7 nitrogen and oxygen atoms in total. The molecule has 23 heavy (non-hydrogen) atoms. The van der Waals surface area contributed by atoms with E-state index in [1.165, 1.54) is 0 Å². The van der Waals surface area contributed by atoms with Gasteiger partial charge in [0.2, 0.25) is 5.91 Å². The number of nitrogens with one attached hydrogen (secondary N) is 1. The maximum atomic E-state index is 12.0. The summed E-state index contributed by atoms with van der Waals surface area (Å²) in [6, 6.07) is 2.22. The molecule has 1 fully saturated rings. The number of aromatic nitrogens is 2. The van der Waals surface area contributed by atoms with Crippen LogP contribution in [0.5, 0.6) is 0 Å². The molecule has 1 aliphatic heterocycles. The summed E-state index contributed by atoms with van der Waals surface area (Å²) >= 11 is 0. The van der Waals surface area contributed by atoms with Crippen LogP contribution in [-0.2, 0) is 9.53 Å². The molecule has 128 valence electrons. The van der Waals surface area contributed by atoms with Gasteiger partial charge < -0.3 is 20.7 Å². The van der Waals surface area contributed by atoms with Crippen molar-refractivity contribution in [2.45, 2.75) is 45.3 Å². The number of rotatable bonds is 6. The van der Waals surface area contributed by atoms with Crippen molar-refractivity contribution in [3.63, 3.8) is 0 Å². The van der Waals surface area contributed by atoms with Crippen LogP contribution in [0.3, 0.4) is 0 Å². The third-order valence-corrected chi connectivity index (χ3v) is 4.15. The van der Waals surface area contributed by atoms with Crippen LogP contribution in [-0.4, -0.2) is 54.8 Å². The van der Waals surface area contributed by atoms with Gasteiger partial charge in [-0.3, -0.25) is 4.79 Å². The van der Waals surface area contributed by atoms with Crippen molar-refractivity contribution in [3.05, 3.63) is 17.6 Å². The molecule has 1 aliphatic rings. The van der Waals surface area contributed by atoms with Gasteiger partial charge in [-0.1, -0.05) is 0 Å². The Morgan fingerprint density at radius 1 is 1.43 bits per heavy atom. The summed E-state index contributed by atoms with van der Waals surface area (Å²) in [4.78, 5) is 23.1. The Morgan fingerprint density at radius 3 is 2.70 bits per heavy atom. The Bertz CT molecular complexity index is 505. The van der Waals surface area contributed by atoms with Gasteiger partial charge in [0.25, 0.3) is 0 Å². The van der Waals surface area contributed by atoms with Crippen molar-refractivity contribution >= 4 is 11.7 Å². The largest absolute Gasteiger partial charge is 0.380 e. The van der Waals surface area contributed by atoms with E-state index in [-0.39, 0.29) is 18.1 Å². The number of ether oxygens (including phenoxy) is 1. The lowest BCUT2D eigenvalue weighted by Gasteiger charge is -2.33. The van der Waals surface area contributed by atoms with Gasteiger partial charge in [0, 0.05) is 44.5 Å². The van der Waals surface area contributed by atoms with Gasteiger partial charge in [0.1, 0.15) is 11.6 Å². The zero-order valence-electron chi connectivity index (χ0n) is 14.2. The third kappa shape index (κ3) is 5.14. The van der Waals surface area contributed by atoms with Gasteiger partial charge in [-0.25, -0.2) is 9.97 Å². The van der Waals surface area contributed by atoms with Crippen LogP contribution in [0.2, 0.25) is 0 Å². The number of amides is 1. The van der Waals surface area contributed by atoms with E-state index in [4.69, 9.17) is 10.5 Å². The number of methoxy groups -OCH3 is 1. The highest BCUT2D eigenvalue weighted by atomic mass is 16.5. The zero-order chi connectivity index (χ0) is 16.8. The van der Waals surface area contributed by atoms with Crippen LogP contribution in [0.4, 0.5) is 5.82 Å². The monoisotopic (exact) mass is 321 g/mol. The molecule has 2 rings (SSSR count). The second-order valence-corrected chi connectivity index (χ2v) is 6.04. The first-order chi connectivity index (χ1) is 11.0. The molecule has 0 radical (unpaired) electrons.